The highest BCUT2D eigenvalue weighted by atomic mass is 16.3. The molecule has 0 aromatic heterocycles. The minimum Gasteiger partial charge on any atom is -0.506 e. The minimum absolute atomic E-state index is 0.155. The maximum Gasteiger partial charge on any atom is 0.221 e. The lowest BCUT2D eigenvalue weighted by molar-refractivity contribution is -0.114. The summed E-state index contributed by atoms with van der Waals surface area (Å²) in [6.45, 7) is 9.93. The van der Waals surface area contributed by atoms with Crippen LogP contribution in [0, 0.1) is 0 Å². The van der Waals surface area contributed by atoms with Gasteiger partial charge in [0, 0.05) is 6.92 Å². The van der Waals surface area contributed by atoms with Crippen molar-refractivity contribution in [3.8, 4) is 5.75 Å². The van der Waals surface area contributed by atoms with Crippen molar-refractivity contribution in [3.63, 3.8) is 0 Å². The number of carbonyl (C=O) groups is 1. The summed E-state index contributed by atoms with van der Waals surface area (Å²) in [5, 5.41) is 12.9. The number of nitrogens with one attached hydrogen (secondary N) is 1. The zero-order valence-corrected chi connectivity index (χ0v) is 12.6. The molecule has 0 aliphatic heterocycles. The van der Waals surface area contributed by atoms with Crippen molar-refractivity contribution in [3.05, 3.63) is 23.3 Å². The van der Waals surface area contributed by atoms with E-state index in [9.17, 15) is 9.90 Å². The van der Waals surface area contributed by atoms with Gasteiger partial charge in [-0.25, -0.2) is 0 Å². The highest BCUT2D eigenvalue weighted by Crippen LogP contribution is 2.37. The van der Waals surface area contributed by atoms with Crippen LogP contribution < -0.4 is 5.32 Å². The Morgan fingerprint density at radius 2 is 1.95 bits per heavy atom. The molecule has 1 amide bonds. The van der Waals surface area contributed by atoms with Gasteiger partial charge in [-0.1, -0.05) is 40.2 Å². The van der Waals surface area contributed by atoms with E-state index in [4.69, 9.17) is 0 Å². The fraction of sp³-hybridized carbons (Fsp3) is 0.562. The van der Waals surface area contributed by atoms with E-state index >= 15 is 0 Å². The Morgan fingerprint density at radius 3 is 2.42 bits per heavy atom. The molecule has 0 heterocycles. The lowest BCUT2D eigenvalue weighted by Gasteiger charge is -2.20. The van der Waals surface area contributed by atoms with Gasteiger partial charge in [0.2, 0.25) is 5.91 Å². The zero-order chi connectivity index (χ0) is 14.6. The summed E-state index contributed by atoms with van der Waals surface area (Å²) < 4.78 is 0. The van der Waals surface area contributed by atoms with Gasteiger partial charge in [0.15, 0.2) is 0 Å². The van der Waals surface area contributed by atoms with Crippen molar-refractivity contribution in [2.45, 2.75) is 59.3 Å². The van der Waals surface area contributed by atoms with Gasteiger partial charge in [-0.2, -0.15) is 0 Å². The average Bonchev–Trinajstić information content (AvgIpc) is 2.30. The van der Waals surface area contributed by atoms with E-state index in [2.05, 4.69) is 39.1 Å². The van der Waals surface area contributed by atoms with Crippen molar-refractivity contribution in [1.29, 1.82) is 0 Å². The topological polar surface area (TPSA) is 49.3 Å². The van der Waals surface area contributed by atoms with Crippen LogP contribution in [0.3, 0.4) is 0 Å². The molecule has 0 spiro atoms. The number of anilines is 1. The van der Waals surface area contributed by atoms with Crippen LogP contribution in [0.1, 0.15) is 70.4 Å². The van der Waals surface area contributed by atoms with Crippen LogP contribution in [-0.4, -0.2) is 11.0 Å². The fourth-order valence-electron chi connectivity index (χ4n) is 2.29. The second-order valence-corrected chi connectivity index (χ2v) is 5.53. The lowest BCUT2D eigenvalue weighted by Crippen LogP contribution is -2.10. The Kier molecular flexibility index (Phi) is 5.40. The number of phenols is 1. The quantitative estimate of drug-likeness (QED) is 0.775. The molecular weight excluding hydrogens is 238 g/mol. The average molecular weight is 263 g/mol. The van der Waals surface area contributed by atoms with Crippen molar-refractivity contribution < 1.29 is 9.90 Å². The maximum atomic E-state index is 11.3. The van der Waals surface area contributed by atoms with E-state index in [1.807, 2.05) is 0 Å². The number of amides is 1. The van der Waals surface area contributed by atoms with E-state index in [1.54, 1.807) is 6.07 Å². The fourth-order valence-corrected chi connectivity index (χ4v) is 2.29. The Labute approximate surface area is 116 Å². The Morgan fingerprint density at radius 1 is 1.32 bits per heavy atom. The van der Waals surface area contributed by atoms with E-state index in [0.717, 1.165) is 24.0 Å². The number of phenolic OH excluding ortho intramolecular Hbond substituents is 1. The smallest absolute Gasteiger partial charge is 0.221 e. The summed E-state index contributed by atoms with van der Waals surface area (Å²) >= 11 is 0. The first-order valence-corrected chi connectivity index (χ1v) is 7.01. The van der Waals surface area contributed by atoms with Gasteiger partial charge in [0.25, 0.3) is 0 Å². The zero-order valence-electron chi connectivity index (χ0n) is 12.6. The molecule has 0 radical (unpaired) electrons. The molecule has 1 rings (SSSR count). The van der Waals surface area contributed by atoms with Crippen molar-refractivity contribution in [1.82, 2.24) is 0 Å². The van der Waals surface area contributed by atoms with Crippen LogP contribution >= 0.6 is 0 Å². The maximum absolute atomic E-state index is 11.3. The summed E-state index contributed by atoms with van der Waals surface area (Å²) in [6, 6.07) is 3.86. The van der Waals surface area contributed by atoms with Crippen LogP contribution in [0.15, 0.2) is 12.1 Å². The molecule has 19 heavy (non-hydrogen) atoms. The molecule has 3 heteroatoms. The predicted octanol–water partition coefficient (Wildman–Crippen LogP) is 4.38. The van der Waals surface area contributed by atoms with Crippen molar-refractivity contribution in [2.24, 2.45) is 0 Å². The molecular formula is C16H25NO2. The van der Waals surface area contributed by atoms with Gasteiger partial charge in [0.1, 0.15) is 5.75 Å². The van der Waals surface area contributed by atoms with Crippen molar-refractivity contribution >= 4 is 11.6 Å². The molecule has 2 N–H and O–H groups in total. The lowest BCUT2D eigenvalue weighted by atomic mass is 9.90. The van der Waals surface area contributed by atoms with Gasteiger partial charge in [-0.3, -0.25) is 4.79 Å². The van der Waals surface area contributed by atoms with Crippen molar-refractivity contribution in [2.75, 3.05) is 5.32 Å². The summed E-state index contributed by atoms with van der Waals surface area (Å²) in [5.74, 6) is 0.679. The number of hydrogen-bond acceptors (Lipinski definition) is 2. The van der Waals surface area contributed by atoms with Gasteiger partial charge in [0.05, 0.1) is 5.69 Å². The largest absolute Gasteiger partial charge is 0.506 e. The molecule has 0 bridgehead atoms. The van der Waals surface area contributed by atoms with Crippen LogP contribution in [0.25, 0.3) is 0 Å². The van der Waals surface area contributed by atoms with E-state index in [1.165, 1.54) is 6.92 Å². The molecule has 1 unspecified atom stereocenters. The monoisotopic (exact) mass is 263 g/mol. The van der Waals surface area contributed by atoms with Gasteiger partial charge in [-0.05, 0) is 35.4 Å². The Hall–Kier alpha value is -1.51. The molecule has 1 aromatic rings. The molecule has 3 nitrogen and oxygen atoms in total. The molecule has 1 aromatic carbocycles. The number of carbonyl (C=O) groups excluding carboxylic acids is 1. The van der Waals surface area contributed by atoms with E-state index in [-0.39, 0.29) is 11.7 Å². The standard InChI is InChI=1S/C16H25NO2/c1-6-7-11(4)14-8-13(10(2)3)9-15(19)16(14)17-12(5)18/h8-11,19H,6-7H2,1-5H3,(H,17,18). The second kappa shape index (κ2) is 6.60. The highest BCUT2D eigenvalue weighted by molar-refractivity contribution is 5.91. The predicted molar refractivity (Wildman–Crippen MR) is 79.8 cm³/mol. The Bertz CT molecular complexity index is 452. The second-order valence-electron chi connectivity index (χ2n) is 5.53. The third kappa shape index (κ3) is 3.98. The first kappa shape index (κ1) is 15.5. The summed E-state index contributed by atoms with van der Waals surface area (Å²) in [7, 11) is 0. The third-order valence-electron chi connectivity index (χ3n) is 3.39. The van der Waals surface area contributed by atoms with E-state index < -0.39 is 0 Å². The molecule has 0 aliphatic rings. The summed E-state index contributed by atoms with van der Waals surface area (Å²) in [6.07, 6.45) is 2.11. The number of rotatable bonds is 5. The molecule has 0 saturated carbocycles. The Balaban J connectivity index is 3.30. The molecule has 106 valence electrons. The first-order chi connectivity index (χ1) is 8.86. The van der Waals surface area contributed by atoms with Crippen LogP contribution in [0.4, 0.5) is 5.69 Å². The van der Waals surface area contributed by atoms with E-state index in [0.29, 0.717) is 17.5 Å². The van der Waals surface area contributed by atoms with Gasteiger partial charge >= 0.3 is 0 Å². The molecule has 0 saturated heterocycles. The minimum atomic E-state index is -0.155. The number of benzene rings is 1. The molecule has 0 aliphatic carbocycles. The highest BCUT2D eigenvalue weighted by Gasteiger charge is 2.17. The summed E-state index contributed by atoms with van der Waals surface area (Å²) in [4.78, 5) is 11.3. The SMILES string of the molecule is CCCC(C)c1cc(C(C)C)cc(O)c1NC(C)=O. The summed E-state index contributed by atoms with van der Waals surface area (Å²) in [5.41, 5.74) is 2.70. The normalized spacial score (nSPS) is 12.5. The third-order valence-corrected chi connectivity index (χ3v) is 3.39. The van der Waals surface area contributed by atoms with Gasteiger partial charge in [-0.15, -0.1) is 0 Å². The number of aromatic hydroxyl groups is 1. The van der Waals surface area contributed by atoms with Crippen LogP contribution in [-0.2, 0) is 4.79 Å². The molecule has 1 atom stereocenters. The van der Waals surface area contributed by atoms with Crippen LogP contribution in [0.5, 0.6) is 5.75 Å². The number of hydrogen-bond donors (Lipinski definition) is 2. The molecule has 0 fully saturated rings. The van der Waals surface area contributed by atoms with Crippen LogP contribution in [0.2, 0.25) is 0 Å². The van der Waals surface area contributed by atoms with Gasteiger partial charge < -0.3 is 10.4 Å². The first-order valence-electron chi connectivity index (χ1n) is 7.01.